The lowest BCUT2D eigenvalue weighted by atomic mass is 10.3. The van der Waals surface area contributed by atoms with Crippen LogP contribution in [0.25, 0.3) is 0 Å². The van der Waals surface area contributed by atoms with Crippen molar-refractivity contribution in [3.8, 4) is 0 Å². The van der Waals surface area contributed by atoms with Crippen molar-refractivity contribution in [1.82, 2.24) is 4.98 Å². The third-order valence-corrected chi connectivity index (χ3v) is 2.66. The first-order chi connectivity index (χ1) is 7.79. The van der Waals surface area contributed by atoms with E-state index in [9.17, 15) is 0 Å². The molecule has 4 nitrogen and oxygen atoms in total. The normalized spacial score (nSPS) is 20.9. The van der Waals surface area contributed by atoms with Gasteiger partial charge < -0.3 is 15.0 Å². The van der Waals surface area contributed by atoms with Crippen LogP contribution in [0.2, 0.25) is 0 Å². The van der Waals surface area contributed by atoms with E-state index in [4.69, 9.17) is 4.74 Å². The predicted molar refractivity (Wildman–Crippen MR) is 66.0 cm³/mol. The fourth-order valence-corrected chi connectivity index (χ4v) is 1.91. The third-order valence-electron chi connectivity index (χ3n) is 2.66. The molecule has 16 heavy (non-hydrogen) atoms. The minimum absolute atomic E-state index is 0.290. The number of morpholine rings is 1. The molecular weight excluding hydrogens is 202 g/mol. The summed E-state index contributed by atoms with van der Waals surface area (Å²) < 4.78 is 5.52. The number of pyridine rings is 1. The van der Waals surface area contributed by atoms with Crippen molar-refractivity contribution in [3.05, 3.63) is 18.2 Å². The van der Waals surface area contributed by atoms with Crippen LogP contribution in [0.15, 0.2) is 18.2 Å². The minimum Gasteiger partial charge on any atom is -0.375 e. The van der Waals surface area contributed by atoms with E-state index in [-0.39, 0.29) is 0 Å². The van der Waals surface area contributed by atoms with Gasteiger partial charge in [0, 0.05) is 19.6 Å². The molecule has 1 N–H and O–H groups in total. The number of aromatic nitrogens is 1. The molecule has 1 aromatic rings. The first-order valence-corrected chi connectivity index (χ1v) is 5.87. The van der Waals surface area contributed by atoms with Crippen LogP contribution in [-0.4, -0.2) is 37.3 Å². The lowest BCUT2D eigenvalue weighted by Crippen LogP contribution is -2.41. The van der Waals surface area contributed by atoms with Crippen molar-refractivity contribution in [2.75, 3.05) is 36.5 Å². The Balaban J connectivity index is 2.09. The topological polar surface area (TPSA) is 37.4 Å². The predicted octanol–water partition coefficient (Wildman–Crippen LogP) is 1.74. The molecule has 0 saturated carbocycles. The molecule has 0 aliphatic carbocycles. The largest absolute Gasteiger partial charge is 0.375 e. The van der Waals surface area contributed by atoms with Gasteiger partial charge in [-0.3, -0.25) is 0 Å². The second-order valence-corrected chi connectivity index (χ2v) is 4.04. The summed E-state index contributed by atoms with van der Waals surface area (Å²) in [6, 6.07) is 6.09. The van der Waals surface area contributed by atoms with Gasteiger partial charge in [-0.25, -0.2) is 4.98 Å². The van der Waals surface area contributed by atoms with Crippen LogP contribution in [0.4, 0.5) is 11.6 Å². The zero-order valence-electron chi connectivity index (χ0n) is 9.94. The number of ether oxygens (including phenoxy) is 1. The molecule has 0 bridgehead atoms. The molecule has 2 heterocycles. The molecule has 1 saturated heterocycles. The Labute approximate surface area is 96.6 Å². The second-order valence-electron chi connectivity index (χ2n) is 4.04. The summed E-state index contributed by atoms with van der Waals surface area (Å²) in [4.78, 5) is 6.85. The highest BCUT2D eigenvalue weighted by Gasteiger charge is 2.17. The molecule has 1 fully saturated rings. The Kier molecular flexibility index (Phi) is 3.62. The second kappa shape index (κ2) is 5.16. The SMILES string of the molecule is CCNc1cccc(N2CCOC(C)C2)n1. The molecule has 1 aliphatic heterocycles. The van der Waals surface area contributed by atoms with Crippen LogP contribution in [0.1, 0.15) is 13.8 Å². The number of rotatable bonds is 3. The van der Waals surface area contributed by atoms with E-state index in [2.05, 4.69) is 35.1 Å². The zero-order chi connectivity index (χ0) is 11.4. The summed E-state index contributed by atoms with van der Waals surface area (Å²) in [7, 11) is 0. The van der Waals surface area contributed by atoms with E-state index in [1.165, 1.54) is 0 Å². The van der Waals surface area contributed by atoms with Crippen LogP contribution in [-0.2, 0) is 4.74 Å². The minimum atomic E-state index is 0.290. The van der Waals surface area contributed by atoms with Crippen LogP contribution in [0.3, 0.4) is 0 Å². The summed E-state index contributed by atoms with van der Waals surface area (Å²) >= 11 is 0. The van der Waals surface area contributed by atoms with E-state index in [1.807, 2.05) is 12.1 Å². The summed E-state index contributed by atoms with van der Waals surface area (Å²) in [6.07, 6.45) is 0.290. The van der Waals surface area contributed by atoms with E-state index in [0.717, 1.165) is 37.9 Å². The molecule has 0 amide bonds. The number of hydrogen-bond donors (Lipinski definition) is 1. The fraction of sp³-hybridized carbons (Fsp3) is 0.583. The first kappa shape index (κ1) is 11.2. The lowest BCUT2D eigenvalue weighted by molar-refractivity contribution is 0.0529. The van der Waals surface area contributed by atoms with Gasteiger partial charge >= 0.3 is 0 Å². The van der Waals surface area contributed by atoms with Crippen LogP contribution in [0.5, 0.6) is 0 Å². The molecule has 88 valence electrons. The van der Waals surface area contributed by atoms with Gasteiger partial charge in [0.15, 0.2) is 0 Å². The summed E-state index contributed by atoms with van der Waals surface area (Å²) in [5.41, 5.74) is 0. The monoisotopic (exact) mass is 221 g/mol. The highest BCUT2D eigenvalue weighted by molar-refractivity contribution is 5.47. The maximum Gasteiger partial charge on any atom is 0.131 e. The average molecular weight is 221 g/mol. The lowest BCUT2D eigenvalue weighted by Gasteiger charge is -2.32. The van der Waals surface area contributed by atoms with Crippen molar-refractivity contribution < 1.29 is 4.74 Å². The first-order valence-electron chi connectivity index (χ1n) is 5.87. The average Bonchev–Trinajstić information content (AvgIpc) is 2.30. The van der Waals surface area contributed by atoms with Crippen molar-refractivity contribution >= 4 is 11.6 Å². The zero-order valence-corrected chi connectivity index (χ0v) is 9.94. The van der Waals surface area contributed by atoms with Crippen molar-refractivity contribution in [2.24, 2.45) is 0 Å². The van der Waals surface area contributed by atoms with Gasteiger partial charge in [-0.1, -0.05) is 6.07 Å². The van der Waals surface area contributed by atoms with E-state index in [0.29, 0.717) is 6.10 Å². The molecule has 0 aromatic carbocycles. The maximum atomic E-state index is 5.52. The molecular formula is C12H19N3O. The van der Waals surface area contributed by atoms with Gasteiger partial charge in [0.1, 0.15) is 11.6 Å². The van der Waals surface area contributed by atoms with E-state index < -0.39 is 0 Å². The molecule has 1 atom stereocenters. The number of hydrogen-bond acceptors (Lipinski definition) is 4. The molecule has 0 spiro atoms. The van der Waals surface area contributed by atoms with Gasteiger partial charge in [-0.2, -0.15) is 0 Å². The Bertz CT molecular complexity index is 343. The highest BCUT2D eigenvalue weighted by atomic mass is 16.5. The van der Waals surface area contributed by atoms with Crippen molar-refractivity contribution in [3.63, 3.8) is 0 Å². The Morgan fingerprint density at radius 2 is 2.44 bits per heavy atom. The molecule has 2 rings (SSSR count). The van der Waals surface area contributed by atoms with Gasteiger partial charge in [-0.05, 0) is 26.0 Å². The molecule has 1 aromatic heterocycles. The molecule has 1 aliphatic rings. The highest BCUT2D eigenvalue weighted by Crippen LogP contribution is 2.17. The summed E-state index contributed by atoms with van der Waals surface area (Å²) in [5.74, 6) is 1.98. The number of nitrogens with zero attached hydrogens (tertiary/aromatic N) is 2. The summed E-state index contributed by atoms with van der Waals surface area (Å²) in [5, 5.41) is 3.23. The van der Waals surface area contributed by atoms with E-state index >= 15 is 0 Å². The van der Waals surface area contributed by atoms with Gasteiger partial charge in [0.05, 0.1) is 12.7 Å². The molecule has 4 heteroatoms. The Hall–Kier alpha value is -1.29. The smallest absolute Gasteiger partial charge is 0.131 e. The number of nitrogens with one attached hydrogen (secondary N) is 1. The number of anilines is 2. The van der Waals surface area contributed by atoms with E-state index in [1.54, 1.807) is 0 Å². The Morgan fingerprint density at radius 1 is 1.56 bits per heavy atom. The van der Waals surface area contributed by atoms with Gasteiger partial charge in [-0.15, -0.1) is 0 Å². The van der Waals surface area contributed by atoms with Crippen LogP contribution < -0.4 is 10.2 Å². The standard InChI is InChI=1S/C12H19N3O/c1-3-13-11-5-4-6-12(14-11)15-7-8-16-10(2)9-15/h4-6,10H,3,7-9H2,1-2H3,(H,13,14). The Morgan fingerprint density at radius 3 is 3.19 bits per heavy atom. The van der Waals surface area contributed by atoms with Crippen molar-refractivity contribution in [1.29, 1.82) is 0 Å². The van der Waals surface area contributed by atoms with Crippen LogP contribution in [0, 0.1) is 0 Å². The third kappa shape index (κ3) is 2.64. The quantitative estimate of drug-likeness (QED) is 0.843. The maximum absolute atomic E-state index is 5.52. The van der Waals surface area contributed by atoms with Gasteiger partial charge in [0.25, 0.3) is 0 Å². The van der Waals surface area contributed by atoms with Gasteiger partial charge in [0.2, 0.25) is 0 Å². The molecule has 0 radical (unpaired) electrons. The summed E-state index contributed by atoms with van der Waals surface area (Å²) in [6.45, 7) is 7.70. The van der Waals surface area contributed by atoms with Crippen molar-refractivity contribution in [2.45, 2.75) is 20.0 Å². The molecule has 1 unspecified atom stereocenters. The fourth-order valence-electron chi connectivity index (χ4n) is 1.91. The van der Waals surface area contributed by atoms with Crippen LogP contribution >= 0.6 is 0 Å².